The zero-order chi connectivity index (χ0) is 17.9. The molecule has 0 fully saturated rings. The van der Waals surface area contributed by atoms with Crippen LogP contribution < -0.4 is 10.2 Å². The molecule has 0 saturated heterocycles. The van der Waals surface area contributed by atoms with Crippen molar-refractivity contribution in [3.05, 3.63) is 58.1 Å². The first-order valence-corrected chi connectivity index (χ1v) is 8.07. The van der Waals surface area contributed by atoms with Gasteiger partial charge in [0.25, 0.3) is 0 Å². The number of carbonyl (C=O) groups is 2. The van der Waals surface area contributed by atoms with Gasteiger partial charge in [0.2, 0.25) is 11.8 Å². The fourth-order valence-electron chi connectivity index (χ4n) is 2.51. The monoisotopic (exact) mass is 344 g/mol. The molecule has 2 aromatic rings. The van der Waals surface area contributed by atoms with E-state index in [0.717, 1.165) is 16.7 Å². The summed E-state index contributed by atoms with van der Waals surface area (Å²) in [5.74, 6) is -0.486. The molecule has 2 amide bonds. The van der Waals surface area contributed by atoms with Crippen LogP contribution in [-0.2, 0) is 9.59 Å². The maximum absolute atomic E-state index is 12.4. The molecular weight excluding hydrogens is 324 g/mol. The summed E-state index contributed by atoms with van der Waals surface area (Å²) in [7, 11) is 0. The van der Waals surface area contributed by atoms with Gasteiger partial charge in [-0.25, -0.2) is 0 Å². The Morgan fingerprint density at radius 1 is 1.04 bits per heavy atom. The van der Waals surface area contributed by atoms with E-state index in [4.69, 9.17) is 11.6 Å². The highest BCUT2D eigenvalue weighted by Crippen LogP contribution is 2.27. The van der Waals surface area contributed by atoms with Gasteiger partial charge < -0.3 is 10.2 Å². The Hall–Kier alpha value is -2.33. The lowest BCUT2D eigenvalue weighted by molar-refractivity contribution is -0.120. The number of rotatable bonds is 4. The van der Waals surface area contributed by atoms with Crippen molar-refractivity contribution < 1.29 is 9.59 Å². The summed E-state index contributed by atoms with van der Waals surface area (Å²) in [5.41, 5.74) is 4.28. The van der Waals surface area contributed by atoms with Gasteiger partial charge in [-0.05, 0) is 50.1 Å². The van der Waals surface area contributed by atoms with E-state index in [0.29, 0.717) is 16.4 Å². The molecule has 0 aliphatic rings. The highest BCUT2D eigenvalue weighted by Gasteiger charge is 2.17. The van der Waals surface area contributed by atoms with Gasteiger partial charge in [-0.3, -0.25) is 9.59 Å². The van der Waals surface area contributed by atoms with Crippen LogP contribution in [0.2, 0.25) is 5.02 Å². The summed E-state index contributed by atoms with van der Waals surface area (Å²) >= 11 is 6.22. The normalized spacial score (nSPS) is 10.4. The Kier molecular flexibility index (Phi) is 5.62. The summed E-state index contributed by atoms with van der Waals surface area (Å²) in [5, 5.41) is 3.30. The predicted octanol–water partition coefficient (Wildman–Crippen LogP) is 4.26. The van der Waals surface area contributed by atoms with E-state index in [1.54, 1.807) is 6.07 Å². The lowest BCUT2D eigenvalue weighted by atomic mass is 10.1. The molecule has 0 unspecified atom stereocenters. The number of carbonyl (C=O) groups excluding carboxylic acids is 2. The molecule has 2 rings (SSSR count). The minimum atomic E-state index is -0.292. The van der Waals surface area contributed by atoms with Crippen LogP contribution in [-0.4, -0.2) is 18.4 Å². The van der Waals surface area contributed by atoms with Gasteiger partial charge in [0, 0.05) is 12.6 Å². The molecule has 0 atom stereocenters. The van der Waals surface area contributed by atoms with Gasteiger partial charge >= 0.3 is 0 Å². The molecule has 24 heavy (non-hydrogen) atoms. The average molecular weight is 345 g/mol. The van der Waals surface area contributed by atoms with Gasteiger partial charge in [0.1, 0.15) is 6.54 Å². The number of benzene rings is 2. The Morgan fingerprint density at radius 3 is 2.21 bits per heavy atom. The fourth-order valence-corrected chi connectivity index (χ4v) is 2.87. The molecule has 0 aliphatic heterocycles. The van der Waals surface area contributed by atoms with E-state index >= 15 is 0 Å². The highest BCUT2D eigenvalue weighted by atomic mass is 35.5. The quantitative estimate of drug-likeness (QED) is 0.901. The molecular formula is C19H21ClN2O2. The number of hydrogen-bond acceptors (Lipinski definition) is 2. The van der Waals surface area contributed by atoms with Crippen LogP contribution in [0.4, 0.5) is 11.4 Å². The Morgan fingerprint density at radius 2 is 1.67 bits per heavy atom. The summed E-state index contributed by atoms with van der Waals surface area (Å²) in [4.78, 5) is 25.7. The number of amides is 2. The smallest absolute Gasteiger partial charge is 0.244 e. The van der Waals surface area contributed by atoms with Crippen molar-refractivity contribution in [2.75, 3.05) is 16.8 Å². The van der Waals surface area contributed by atoms with Crippen molar-refractivity contribution in [3.8, 4) is 0 Å². The number of anilines is 2. The molecule has 0 bridgehead atoms. The molecule has 2 aromatic carbocycles. The molecule has 0 spiro atoms. The number of nitrogens with zero attached hydrogens (tertiary/aromatic N) is 1. The molecule has 1 N–H and O–H groups in total. The van der Waals surface area contributed by atoms with E-state index in [1.807, 2.05) is 51.1 Å². The summed E-state index contributed by atoms with van der Waals surface area (Å²) in [6.45, 7) is 7.17. The van der Waals surface area contributed by atoms with E-state index < -0.39 is 0 Å². The third kappa shape index (κ3) is 4.36. The van der Waals surface area contributed by atoms with Crippen molar-refractivity contribution in [2.45, 2.75) is 27.7 Å². The summed E-state index contributed by atoms with van der Waals surface area (Å²) < 4.78 is 0. The van der Waals surface area contributed by atoms with E-state index in [1.165, 1.54) is 11.8 Å². The van der Waals surface area contributed by atoms with Crippen molar-refractivity contribution in [1.82, 2.24) is 0 Å². The summed E-state index contributed by atoms with van der Waals surface area (Å²) in [6.07, 6.45) is 0. The number of halogens is 1. The van der Waals surface area contributed by atoms with E-state index in [-0.39, 0.29) is 18.4 Å². The average Bonchev–Trinajstić information content (AvgIpc) is 2.49. The zero-order valence-electron chi connectivity index (χ0n) is 14.3. The van der Waals surface area contributed by atoms with Gasteiger partial charge in [-0.2, -0.15) is 0 Å². The minimum Gasteiger partial charge on any atom is -0.323 e. The SMILES string of the molecule is CC(=O)N(CC(=O)Nc1c(C)cc(C)cc1Cl)c1ccc(C)cc1. The molecule has 0 heterocycles. The zero-order valence-corrected chi connectivity index (χ0v) is 15.1. The minimum absolute atomic E-state index is 0.0674. The van der Waals surface area contributed by atoms with Crippen LogP contribution >= 0.6 is 11.6 Å². The standard InChI is InChI=1S/C19H21ClN2O2/c1-12-5-7-16(8-6-12)22(15(4)23)11-18(24)21-19-14(3)9-13(2)10-17(19)20/h5-10H,11H2,1-4H3,(H,21,24). The van der Waals surface area contributed by atoms with Crippen LogP contribution in [0.5, 0.6) is 0 Å². The maximum Gasteiger partial charge on any atom is 0.244 e. The molecule has 0 aromatic heterocycles. The molecule has 0 saturated carbocycles. The van der Waals surface area contributed by atoms with Crippen LogP contribution in [0.25, 0.3) is 0 Å². The predicted molar refractivity (Wildman–Crippen MR) is 98.8 cm³/mol. The second-order valence-electron chi connectivity index (χ2n) is 5.93. The number of hydrogen-bond donors (Lipinski definition) is 1. The third-order valence-corrected chi connectivity index (χ3v) is 4.02. The van der Waals surface area contributed by atoms with Crippen LogP contribution in [0.3, 0.4) is 0 Å². The third-order valence-electron chi connectivity index (χ3n) is 3.72. The highest BCUT2D eigenvalue weighted by molar-refractivity contribution is 6.34. The van der Waals surface area contributed by atoms with Crippen LogP contribution in [0.15, 0.2) is 36.4 Å². The number of aryl methyl sites for hydroxylation is 3. The number of nitrogens with one attached hydrogen (secondary N) is 1. The topological polar surface area (TPSA) is 49.4 Å². The van der Waals surface area contributed by atoms with Crippen molar-refractivity contribution >= 4 is 34.8 Å². The molecule has 0 aliphatic carbocycles. The lowest BCUT2D eigenvalue weighted by Crippen LogP contribution is -2.36. The first-order valence-electron chi connectivity index (χ1n) is 7.69. The summed E-state index contributed by atoms with van der Waals surface area (Å²) in [6, 6.07) is 11.2. The second kappa shape index (κ2) is 7.49. The van der Waals surface area contributed by atoms with E-state index in [9.17, 15) is 9.59 Å². The molecule has 0 radical (unpaired) electrons. The van der Waals surface area contributed by atoms with E-state index in [2.05, 4.69) is 5.32 Å². The molecule has 126 valence electrons. The van der Waals surface area contributed by atoms with Gasteiger partial charge in [0.15, 0.2) is 0 Å². The van der Waals surface area contributed by atoms with Crippen molar-refractivity contribution in [1.29, 1.82) is 0 Å². The van der Waals surface area contributed by atoms with Crippen LogP contribution in [0.1, 0.15) is 23.6 Å². The fraction of sp³-hybridized carbons (Fsp3) is 0.263. The largest absolute Gasteiger partial charge is 0.323 e. The van der Waals surface area contributed by atoms with Gasteiger partial charge in [-0.1, -0.05) is 35.4 Å². The van der Waals surface area contributed by atoms with Crippen LogP contribution in [0, 0.1) is 20.8 Å². The van der Waals surface area contributed by atoms with Crippen molar-refractivity contribution in [3.63, 3.8) is 0 Å². The molecule has 5 heteroatoms. The van der Waals surface area contributed by atoms with Gasteiger partial charge in [-0.15, -0.1) is 0 Å². The Labute approximate surface area is 147 Å². The second-order valence-corrected chi connectivity index (χ2v) is 6.33. The van der Waals surface area contributed by atoms with Gasteiger partial charge in [0.05, 0.1) is 10.7 Å². The first-order chi connectivity index (χ1) is 11.3. The molecule has 4 nitrogen and oxygen atoms in total. The Bertz CT molecular complexity index is 746. The lowest BCUT2D eigenvalue weighted by Gasteiger charge is -2.21. The first kappa shape index (κ1) is 18.0. The Balaban J connectivity index is 2.17. The van der Waals surface area contributed by atoms with Crippen molar-refractivity contribution in [2.24, 2.45) is 0 Å². The maximum atomic E-state index is 12.4.